The van der Waals surface area contributed by atoms with Crippen LogP contribution in [0, 0.1) is 5.92 Å². The third kappa shape index (κ3) is 2.64. The van der Waals surface area contributed by atoms with E-state index in [1.54, 1.807) is 23.1 Å². The number of rotatable bonds is 3. The normalized spacial score (nSPS) is 15.3. The maximum absolute atomic E-state index is 12.0. The number of benzene rings is 1. The molecule has 1 aromatic rings. The van der Waals surface area contributed by atoms with Crippen molar-refractivity contribution in [2.75, 3.05) is 18.8 Å². The number of carbonyl (C=O) groups is 2. The minimum atomic E-state index is -0.819. The van der Waals surface area contributed by atoms with Crippen LogP contribution in [0.1, 0.15) is 16.8 Å². The van der Waals surface area contributed by atoms with Gasteiger partial charge in [-0.1, -0.05) is 0 Å². The van der Waals surface area contributed by atoms with Crippen molar-refractivity contribution in [2.45, 2.75) is 6.42 Å². The van der Waals surface area contributed by atoms with Gasteiger partial charge in [0.1, 0.15) is 0 Å². The third-order valence-electron chi connectivity index (χ3n) is 2.95. The molecule has 0 atom stereocenters. The molecule has 1 aliphatic rings. The fourth-order valence-electron chi connectivity index (χ4n) is 1.97. The fourth-order valence-corrected chi connectivity index (χ4v) is 2.22. The number of amides is 1. The number of hydrogen-bond acceptors (Lipinski definition) is 3. The Morgan fingerprint density at radius 1 is 1.44 bits per heavy atom. The van der Waals surface area contributed by atoms with Crippen LogP contribution in [0.2, 0.25) is 0 Å². The summed E-state index contributed by atoms with van der Waals surface area (Å²) >= 11 is 3.27. The molecule has 0 unspecified atom stereocenters. The molecule has 1 fully saturated rings. The van der Waals surface area contributed by atoms with E-state index >= 15 is 0 Å². The van der Waals surface area contributed by atoms with E-state index in [9.17, 15) is 9.59 Å². The van der Waals surface area contributed by atoms with E-state index in [-0.39, 0.29) is 18.2 Å². The molecule has 1 aromatic carbocycles. The van der Waals surface area contributed by atoms with Gasteiger partial charge in [-0.25, -0.2) is 0 Å². The minimum Gasteiger partial charge on any atom is -0.481 e. The Bertz CT molecular complexity index is 498. The van der Waals surface area contributed by atoms with Crippen LogP contribution < -0.4 is 5.73 Å². The van der Waals surface area contributed by atoms with Crippen LogP contribution in [0.25, 0.3) is 0 Å². The predicted octanol–water partition coefficient (Wildman–Crippen LogP) is 1.58. The monoisotopic (exact) mass is 312 g/mol. The molecule has 1 amide bonds. The van der Waals surface area contributed by atoms with E-state index in [0.717, 1.165) is 4.47 Å². The first-order valence-corrected chi connectivity index (χ1v) is 6.32. The van der Waals surface area contributed by atoms with E-state index in [4.69, 9.17) is 10.8 Å². The van der Waals surface area contributed by atoms with Crippen molar-refractivity contribution >= 4 is 33.5 Å². The second-order valence-corrected chi connectivity index (χ2v) is 5.26. The van der Waals surface area contributed by atoms with Crippen LogP contribution in [0.4, 0.5) is 5.69 Å². The highest BCUT2D eigenvalue weighted by atomic mass is 79.9. The molecule has 96 valence electrons. The van der Waals surface area contributed by atoms with Crippen molar-refractivity contribution in [1.82, 2.24) is 4.90 Å². The quantitative estimate of drug-likeness (QED) is 0.830. The van der Waals surface area contributed by atoms with Gasteiger partial charge in [-0.05, 0) is 34.1 Å². The zero-order chi connectivity index (χ0) is 13.3. The van der Waals surface area contributed by atoms with Gasteiger partial charge in [0, 0.05) is 34.7 Å². The van der Waals surface area contributed by atoms with E-state index in [1.165, 1.54) is 0 Å². The van der Waals surface area contributed by atoms with Crippen LogP contribution in [-0.2, 0) is 4.79 Å². The van der Waals surface area contributed by atoms with Gasteiger partial charge in [-0.3, -0.25) is 9.59 Å². The minimum absolute atomic E-state index is 0.0687. The molecule has 0 radical (unpaired) electrons. The molecule has 3 N–H and O–H groups in total. The van der Waals surface area contributed by atoms with Crippen molar-refractivity contribution in [3.8, 4) is 0 Å². The molecule has 0 spiro atoms. The summed E-state index contributed by atoms with van der Waals surface area (Å²) in [6.07, 6.45) is 0.117. The summed E-state index contributed by atoms with van der Waals surface area (Å²) in [4.78, 5) is 24.2. The summed E-state index contributed by atoms with van der Waals surface area (Å²) in [6.45, 7) is 1.00. The Kier molecular flexibility index (Phi) is 3.56. The lowest BCUT2D eigenvalue weighted by molar-refractivity contribution is -0.139. The first-order chi connectivity index (χ1) is 8.47. The number of carboxylic acid groups (broad SMARTS) is 1. The number of aliphatic carboxylic acids is 1. The van der Waals surface area contributed by atoms with Crippen molar-refractivity contribution in [3.05, 3.63) is 28.2 Å². The molecule has 0 aliphatic carbocycles. The number of anilines is 1. The van der Waals surface area contributed by atoms with E-state index < -0.39 is 5.97 Å². The average Bonchev–Trinajstić information content (AvgIpc) is 2.25. The maximum atomic E-state index is 12.0. The van der Waals surface area contributed by atoms with Gasteiger partial charge in [0.2, 0.25) is 0 Å². The van der Waals surface area contributed by atoms with Gasteiger partial charge in [-0.2, -0.15) is 0 Å². The lowest BCUT2D eigenvalue weighted by Gasteiger charge is -2.38. The van der Waals surface area contributed by atoms with Crippen molar-refractivity contribution in [2.24, 2.45) is 5.92 Å². The van der Waals surface area contributed by atoms with Gasteiger partial charge >= 0.3 is 5.97 Å². The molecule has 0 aromatic heterocycles. The number of nitrogens with two attached hydrogens (primary N) is 1. The fraction of sp³-hybridized carbons (Fsp3) is 0.333. The lowest BCUT2D eigenvalue weighted by Crippen LogP contribution is -2.50. The molecule has 1 heterocycles. The Morgan fingerprint density at radius 3 is 2.67 bits per heavy atom. The molecule has 0 saturated carbocycles. The zero-order valence-corrected chi connectivity index (χ0v) is 11.2. The number of likely N-dealkylation sites (tertiary alicyclic amines) is 1. The van der Waals surface area contributed by atoms with Crippen LogP contribution in [0.5, 0.6) is 0 Å². The number of nitrogen functional groups attached to an aromatic ring is 1. The standard InChI is InChI=1S/C12H13BrN2O3/c13-9-2-1-8(4-10(9)14)12(18)15-5-7(6-15)3-11(16)17/h1-2,4,7H,3,5-6,14H2,(H,16,17). The van der Waals surface area contributed by atoms with E-state index in [1.807, 2.05) is 0 Å². The summed E-state index contributed by atoms with van der Waals surface area (Å²) in [7, 11) is 0. The highest BCUT2D eigenvalue weighted by molar-refractivity contribution is 9.10. The second-order valence-electron chi connectivity index (χ2n) is 4.41. The highest BCUT2D eigenvalue weighted by Gasteiger charge is 2.32. The molecule has 1 saturated heterocycles. The number of carbonyl (C=O) groups excluding carboxylic acids is 1. The molecule has 6 heteroatoms. The van der Waals surface area contributed by atoms with Crippen LogP contribution in [0.15, 0.2) is 22.7 Å². The molecule has 5 nitrogen and oxygen atoms in total. The second kappa shape index (κ2) is 4.97. The molecule has 18 heavy (non-hydrogen) atoms. The van der Waals surface area contributed by atoms with Crippen LogP contribution >= 0.6 is 15.9 Å². The first kappa shape index (κ1) is 12.9. The maximum Gasteiger partial charge on any atom is 0.303 e. The molecular weight excluding hydrogens is 300 g/mol. The van der Waals surface area contributed by atoms with Gasteiger partial charge in [-0.15, -0.1) is 0 Å². The van der Waals surface area contributed by atoms with E-state index in [0.29, 0.717) is 24.3 Å². The van der Waals surface area contributed by atoms with Gasteiger partial charge in [0.15, 0.2) is 0 Å². The summed E-state index contributed by atoms with van der Waals surface area (Å²) in [5, 5.41) is 8.63. The van der Waals surface area contributed by atoms with E-state index in [2.05, 4.69) is 15.9 Å². The largest absolute Gasteiger partial charge is 0.481 e. The Balaban J connectivity index is 1.97. The molecular formula is C12H13BrN2O3. The van der Waals surface area contributed by atoms with Crippen LogP contribution in [0.3, 0.4) is 0 Å². The summed E-state index contributed by atoms with van der Waals surface area (Å²) in [5.41, 5.74) is 6.76. The smallest absolute Gasteiger partial charge is 0.303 e. The lowest BCUT2D eigenvalue weighted by atomic mass is 9.95. The summed E-state index contributed by atoms with van der Waals surface area (Å²) in [6, 6.07) is 5.06. The number of nitrogens with zero attached hydrogens (tertiary/aromatic N) is 1. The number of carboxylic acids is 1. The summed E-state index contributed by atoms with van der Waals surface area (Å²) in [5.74, 6) is -0.852. The Hall–Kier alpha value is -1.56. The summed E-state index contributed by atoms with van der Waals surface area (Å²) < 4.78 is 0.756. The van der Waals surface area contributed by atoms with Gasteiger partial charge < -0.3 is 15.7 Å². The average molecular weight is 313 g/mol. The van der Waals surface area contributed by atoms with Gasteiger partial charge in [0.25, 0.3) is 5.91 Å². The van der Waals surface area contributed by atoms with Crippen LogP contribution in [-0.4, -0.2) is 35.0 Å². The number of halogens is 1. The third-order valence-corrected chi connectivity index (χ3v) is 3.67. The molecule has 1 aliphatic heterocycles. The Labute approximate surface area is 113 Å². The Morgan fingerprint density at radius 2 is 2.11 bits per heavy atom. The van der Waals surface area contributed by atoms with Crippen molar-refractivity contribution in [3.63, 3.8) is 0 Å². The first-order valence-electron chi connectivity index (χ1n) is 5.53. The highest BCUT2D eigenvalue weighted by Crippen LogP contribution is 2.25. The molecule has 2 rings (SSSR count). The SMILES string of the molecule is Nc1cc(C(=O)N2CC(CC(=O)O)C2)ccc1Br. The predicted molar refractivity (Wildman–Crippen MR) is 70.2 cm³/mol. The van der Waals surface area contributed by atoms with Crippen molar-refractivity contribution in [1.29, 1.82) is 0 Å². The van der Waals surface area contributed by atoms with Crippen molar-refractivity contribution < 1.29 is 14.7 Å². The zero-order valence-electron chi connectivity index (χ0n) is 9.60. The number of hydrogen-bond donors (Lipinski definition) is 2. The molecule has 0 bridgehead atoms. The topological polar surface area (TPSA) is 83.6 Å². The van der Waals surface area contributed by atoms with Gasteiger partial charge in [0.05, 0.1) is 6.42 Å².